The molecule has 0 radical (unpaired) electrons. The normalized spacial score (nSPS) is 12.1. The molecule has 0 aliphatic heterocycles. The molecular weight excluding hydrogens is 194 g/mol. The van der Waals surface area contributed by atoms with E-state index in [0.717, 1.165) is 12.8 Å². The van der Waals surface area contributed by atoms with E-state index >= 15 is 0 Å². The predicted octanol–water partition coefficient (Wildman–Crippen LogP) is 0.328. The van der Waals surface area contributed by atoms with Crippen LogP contribution in [-0.4, -0.2) is 27.1 Å². The molecule has 0 fully saturated rings. The van der Waals surface area contributed by atoms with Crippen LogP contribution < -0.4 is 11.1 Å². The standard InChI is InChI=1S/C9H15N5O/c1-7(10)3-2-4-8(15)13-9-11-5-6-12-14-9/h5-7H,2-4,10H2,1H3,(H,11,13,14,15). The molecule has 1 aromatic heterocycles. The van der Waals surface area contributed by atoms with Crippen molar-refractivity contribution in [3.8, 4) is 0 Å². The summed E-state index contributed by atoms with van der Waals surface area (Å²) in [5, 5.41) is 9.79. The number of nitrogens with two attached hydrogens (primary N) is 1. The summed E-state index contributed by atoms with van der Waals surface area (Å²) in [5.74, 6) is 0.131. The SMILES string of the molecule is CC(N)CCCC(=O)Nc1nccnn1. The molecule has 0 aliphatic rings. The smallest absolute Gasteiger partial charge is 0.249 e. The first-order valence-electron chi connectivity index (χ1n) is 4.87. The molecule has 0 aromatic carbocycles. The van der Waals surface area contributed by atoms with Gasteiger partial charge in [-0.1, -0.05) is 0 Å². The van der Waals surface area contributed by atoms with Crippen molar-refractivity contribution in [3.05, 3.63) is 12.4 Å². The zero-order valence-electron chi connectivity index (χ0n) is 8.68. The molecule has 1 heterocycles. The zero-order chi connectivity index (χ0) is 11.1. The summed E-state index contributed by atoms with van der Waals surface area (Å²) in [5.41, 5.74) is 5.56. The van der Waals surface area contributed by atoms with Crippen LogP contribution in [0.15, 0.2) is 12.4 Å². The van der Waals surface area contributed by atoms with Gasteiger partial charge in [-0.05, 0) is 19.8 Å². The second-order valence-corrected chi connectivity index (χ2v) is 3.38. The number of anilines is 1. The molecule has 1 unspecified atom stereocenters. The van der Waals surface area contributed by atoms with Crippen LogP contribution in [0.5, 0.6) is 0 Å². The average Bonchev–Trinajstić information content (AvgIpc) is 2.18. The van der Waals surface area contributed by atoms with Gasteiger partial charge in [0, 0.05) is 12.5 Å². The van der Waals surface area contributed by atoms with Gasteiger partial charge >= 0.3 is 0 Å². The van der Waals surface area contributed by atoms with Crippen molar-refractivity contribution in [2.45, 2.75) is 32.2 Å². The van der Waals surface area contributed by atoms with E-state index in [1.807, 2.05) is 6.92 Å². The lowest BCUT2D eigenvalue weighted by atomic mass is 10.1. The van der Waals surface area contributed by atoms with Crippen LogP contribution in [0.2, 0.25) is 0 Å². The number of nitrogens with one attached hydrogen (secondary N) is 1. The highest BCUT2D eigenvalue weighted by Gasteiger charge is 2.04. The minimum Gasteiger partial charge on any atom is -0.328 e. The topological polar surface area (TPSA) is 93.8 Å². The first-order valence-corrected chi connectivity index (χ1v) is 4.87. The maximum absolute atomic E-state index is 11.3. The molecule has 1 aromatic rings. The molecule has 0 saturated heterocycles. The lowest BCUT2D eigenvalue weighted by Gasteiger charge is -2.04. The van der Waals surface area contributed by atoms with Crippen LogP contribution >= 0.6 is 0 Å². The Labute approximate surface area is 88.3 Å². The van der Waals surface area contributed by atoms with Crippen LogP contribution in [0.3, 0.4) is 0 Å². The van der Waals surface area contributed by atoms with Gasteiger partial charge < -0.3 is 5.73 Å². The Kier molecular flexibility index (Phi) is 4.62. The molecule has 6 nitrogen and oxygen atoms in total. The van der Waals surface area contributed by atoms with Crippen molar-refractivity contribution in [2.24, 2.45) is 5.73 Å². The van der Waals surface area contributed by atoms with Gasteiger partial charge in [0.2, 0.25) is 11.9 Å². The molecule has 6 heteroatoms. The highest BCUT2D eigenvalue weighted by atomic mass is 16.1. The monoisotopic (exact) mass is 209 g/mol. The zero-order valence-corrected chi connectivity index (χ0v) is 8.68. The lowest BCUT2D eigenvalue weighted by Crippen LogP contribution is -2.17. The quantitative estimate of drug-likeness (QED) is 0.728. The van der Waals surface area contributed by atoms with Crippen LogP contribution in [0.25, 0.3) is 0 Å². The van der Waals surface area contributed by atoms with E-state index in [1.165, 1.54) is 12.4 Å². The lowest BCUT2D eigenvalue weighted by molar-refractivity contribution is -0.116. The molecule has 1 atom stereocenters. The summed E-state index contributed by atoms with van der Waals surface area (Å²) >= 11 is 0. The average molecular weight is 209 g/mol. The molecule has 0 bridgehead atoms. The van der Waals surface area contributed by atoms with Gasteiger partial charge in [0.25, 0.3) is 0 Å². The van der Waals surface area contributed by atoms with Crippen molar-refractivity contribution in [1.82, 2.24) is 15.2 Å². The number of carbonyl (C=O) groups is 1. The fourth-order valence-corrected chi connectivity index (χ4v) is 1.08. The number of amides is 1. The Morgan fingerprint density at radius 2 is 2.40 bits per heavy atom. The fourth-order valence-electron chi connectivity index (χ4n) is 1.08. The van der Waals surface area contributed by atoms with Crippen molar-refractivity contribution in [3.63, 3.8) is 0 Å². The van der Waals surface area contributed by atoms with E-state index in [1.54, 1.807) is 0 Å². The number of carbonyl (C=O) groups excluding carboxylic acids is 1. The summed E-state index contributed by atoms with van der Waals surface area (Å²) in [7, 11) is 0. The Bertz CT molecular complexity index is 301. The summed E-state index contributed by atoms with van der Waals surface area (Å²) in [4.78, 5) is 15.2. The third-order valence-electron chi connectivity index (χ3n) is 1.80. The van der Waals surface area contributed by atoms with Crippen LogP contribution in [0.4, 0.5) is 5.95 Å². The van der Waals surface area contributed by atoms with Gasteiger partial charge in [0.15, 0.2) is 0 Å². The van der Waals surface area contributed by atoms with Crippen LogP contribution in [0.1, 0.15) is 26.2 Å². The van der Waals surface area contributed by atoms with Crippen molar-refractivity contribution >= 4 is 11.9 Å². The van der Waals surface area contributed by atoms with Gasteiger partial charge in [-0.3, -0.25) is 10.1 Å². The van der Waals surface area contributed by atoms with E-state index in [0.29, 0.717) is 6.42 Å². The Hall–Kier alpha value is -1.56. The minimum absolute atomic E-state index is 0.108. The van der Waals surface area contributed by atoms with E-state index in [-0.39, 0.29) is 17.9 Å². The van der Waals surface area contributed by atoms with E-state index in [4.69, 9.17) is 5.73 Å². The second-order valence-electron chi connectivity index (χ2n) is 3.38. The number of aromatic nitrogens is 3. The number of rotatable bonds is 5. The molecule has 15 heavy (non-hydrogen) atoms. The second kappa shape index (κ2) is 6.02. The highest BCUT2D eigenvalue weighted by molar-refractivity contribution is 5.88. The molecule has 1 amide bonds. The van der Waals surface area contributed by atoms with E-state index in [2.05, 4.69) is 20.5 Å². The van der Waals surface area contributed by atoms with Gasteiger partial charge in [-0.2, -0.15) is 5.10 Å². The summed E-state index contributed by atoms with van der Waals surface area (Å²) < 4.78 is 0. The van der Waals surface area contributed by atoms with Crippen molar-refractivity contribution in [1.29, 1.82) is 0 Å². The minimum atomic E-state index is -0.108. The Morgan fingerprint density at radius 1 is 1.60 bits per heavy atom. The number of hydrogen-bond donors (Lipinski definition) is 2. The summed E-state index contributed by atoms with van der Waals surface area (Å²) in [6.45, 7) is 1.92. The van der Waals surface area contributed by atoms with Crippen molar-refractivity contribution in [2.75, 3.05) is 5.32 Å². The van der Waals surface area contributed by atoms with Crippen LogP contribution in [0, 0.1) is 0 Å². The Balaban J connectivity index is 2.25. The molecule has 82 valence electrons. The van der Waals surface area contributed by atoms with Gasteiger partial charge in [-0.25, -0.2) is 4.98 Å². The highest BCUT2D eigenvalue weighted by Crippen LogP contribution is 2.01. The molecular formula is C9H15N5O. The first kappa shape index (κ1) is 11.5. The maximum Gasteiger partial charge on any atom is 0.249 e. The third kappa shape index (κ3) is 5.02. The van der Waals surface area contributed by atoms with E-state index < -0.39 is 0 Å². The molecule has 0 saturated carbocycles. The molecule has 0 spiro atoms. The maximum atomic E-state index is 11.3. The molecule has 3 N–H and O–H groups in total. The third-order valence-corrected chi connectivity index (χ3v) is 1.80. The predicted molar refractivity (Wildman–Crippen MR) is 56.0 cm³/mol. The number of nitrogens with zero attached hydrogens (tertiary/aromatic N) is 3. The summed E-state index contributed by atoms with van der Waals surface area (Å²) in [6.07, 6.45) is 4.96. The van der Waals surface area contributed by atoms with Gasteiger partial charge in [0.1, 0.15) is 0 Å². The fraction of sp³-hybridized carbons (Fsp3) is 0.556. The van der Waals surface area contributed by atoms with Gasteiger partial charge in [-0.15, -0.1) is 5.10 Å². The summed E-state index contributed by atoms with van der Waals surface area (Å²) in [6, 6.07) is 0.132. The number of hydrogen-bond acceptors (Lipinski definition) is 5. The van der Waals surface area contributed by atoms with E-state index in [9.17, 15) is 4.79 Å². The van der Waals surface area contributed by atoms with Crippen LogP contribution in [-0.2, 0) is 4.79 Å². The van der Waals surface area contributed by atoms with Crippen molar-refractivity contribution < 1.29 is 4.79 Å². The molecule has 0 aliphatic carbocycles. The first-order chi connectivity index (χ1) is 7.18. The molecule has 1 rings (SSSR count). The largest absolute Gasteiger partial charge is 0.328 e. The van der Waals surface area contributed by atoms with Gasteiger partial charge in [0.05, 0.1) is 12.4 Å². The Morgan fingerprint density at radius 3 is 3.00 bits per heavy atom.